The minimum atomic E-state index is -0.127. The maximum absolute atomic E-state index is 12.9. The Bertz CT molecular complexity index is 742. The van der Waals surface area contributed by atoms with Crippen molar-refractivity contribution in [3.8, 4) is 0 Å². The molecule has 0 spiro atoms. The number of aryl methyl sites for hydroxylation is 1. The Kier molecular flexibility index (Phi) is 4.85. The van der Waals surface area contributed by atoms with E-state index in [-0.39, 0.29) is 17.9 Å². The summed E-state index contributed by atoms with van der Waals surface area (Å²) in [4.78, 5) is 23.3. The second-order valence-corrected chi connectivity index (χ2v) is 7.03. The molecule has 6 nitrogen and oxygen atoms in total. The molecule has 7 heteroatoms. The fourth-order valence-electron chi connectivity index (χ4n) is 2.95. The van der Waals surface area contributed by atoms with Crippen LogP contribution < -0.4 is 0 Å². The van der Waals surface area contributed by atoms with Crippen molar-refractivity contribution in [3.05, 3.63) is 40.7 Å². The molecule has 2 aromatic rings. The van der Waals surface area contributed by atoms with Crippen molar-refractivity contribution in [2.75, 3.05) is 13.1 Å². The van der Waals surface area contributed by atoms with Gasteiger partial charge in [0.05, 0.1) is 23.5 Å². The Morgan fingerprint density at radius 3 is 2.83 bits per heavy atom. The third-order valence-electron chi connectivity index (χ3n) is 4.27. The number of piperidine rings is 1. The van der Waals surface area contributed by atoms with Gasteiger partial charge in [-0.05, 0) is 25.3 Å². The Labute approximate surface area is 146 Å². The van der Waals surface area contributed by atoms with Crippen LogP contribution in [0.25, 0.3) is 0 Å². The van der Waals surface area contributed by atoms with E-state index in [9.17, 15) is 4.79 Å². The molecule has 2 aromatic heterocycles. The zero-order valence-corrected chi connectivity index (χ0v) is 15.0. The standard InChI is InChI=1S/C17H22ClN5O/c1-11(2)16-19-8-14(18)15(21-16)17(24)22-6-4-5-13(10-22)23-9-12(3)7-20-23/h7-9,11,13H,4-6,10H2,1-3H3/t13-/m0/s1. The smallest absolute Gasteiger partial charge is 0.274 e. The first-order valence-electron chi connectivity index (χ1n) is 8.28. The zero-order chi connectivity index (χ0) is 17.3. The first kappa shape index (κ1) is 16.9. The number of rotatable bonds is 3. The van der Waals surface area contributed by atoms with E-state index in [1.54, 1.807) is 0 Å². The maximum atomic E-state index is 12.9. The summed E-state index contributed by atoms with van der Waals surface area (Å²) in [6, 6.07) is 0.196. The maximum Gasteiger partial charge on any atom is 0.274 e. The first-order chi connectivity index (χ1) is 11.5. The number of hydrogen-bond donors (Lipinski definition) is 0. The molecule has 1 aliphatic heterocycles. The van der Waals surface area contributed by atoms with Crippen LogP contribution in [0.2, 0.25) is 5.02 Å². The van der Waals surface area contributed by atoms with Crippen LogP contribution in [0.5, 0.6) is 0 Å². The highest BCUT2D eigenvalue weighted by Crippen LogP contribution is 2.24. The molecule has 1 fully saturated rings. The molecule has 24 heavy (non-hydrogen) atoms. The predicted octanol–water partition coefficient (Wildman–Crippen LogP) is 3.24. The van der Waals surface area contributed by atoms with Crippen LogP contribution in [-0.2, 0) is 0 Å². The highest BCUT2D eigenvalue weighted by atomic mass is 35.5. The van der Waals surface area contributed by atoms with Crippen molar-refractivity contribution in [3.63, 3.8) is 0 Å². The molecule has 0 aliphatic carbocycles. The van der Waals surface area contributed by atoms with Gasteiger partial charge in [0.1, 0.15) is 5.82 Å². The van der Waals surface area contributed by atoms with Gasteiger partial charge in [0.2, 0.25) is 0 Å². The number of halogens is 1. The van der Waals surface area contributed by atoms with E-state index in [1.165, 1.54) is 6.20 Å². The Balaban J connectivity index is 1.81. The molecule has 0 aromatic carbocycles. The van der Waals surface area contributed by atoms with Gasteiger partial charge in [-0.15, -0.1) is 0 Å². The van der Waals surface area contributed by atoms with E-state index in [1.807, 2.05) is 42.7 Å². The molecule has 0 bridgehead atoms. The van der Waals surface area contributed by atoms with Crippen LogP contribution >= 0.6 is 11.6 Å². The predicted molar refractivity (Wildman–Crippen MR) is 92.3 cm³/mol. The van der Waals surface area contributed by atoms with Gasteiger partial charge in [0.25, 0.3) is 5.91 Å². The summed E-state index contributed by atoms with van der Waals surface area (Å²) in [5.74, 6) is 0.659. The summed E-state index contributed by atoms with van der Waals surface area (Å²) in [6.45, 7) is 7.34. The molecule has 1 atom stereocenters. The van der Waals surface area contributed by atoms with Gasteiger partial charge in [0, 0.05) is 25.2 Å². The monoisotopic (exact) mass is 347 g/mol. The lowest BCUT2D eigenvalue weighted by molar-refractivity contribution is 0.0666. The third-order valence-corrected chi connectivity index (χ3v) is 4.55. The largest absolute Gasteiger partial charge is 0.335 e. The minimum absolute atomic E-state index is 0.127. The van der Waals surface area contributed by atoms with Crippen LogP contribution in [0.3, 0.4) is 0 Å². The Hall–Kier alpha value is -1.95. The lowest BCUT2D eigenvalue weighted by Gasteiger charge is -2.32. The van der Waals surface area contributed by atoms with Crippen molar-refractivity contribution in [2.45, 2.75) is 45.6 Å². The average Bonchev–Trinajstić information content (AvgIpc) is 3.01. The number of carbonyl (C=O) groups excluding carboxylic acids is 1. The Morgan fingerprint density at radius 2 is 2.17 bits per heavy atom. The Morgan fingerprint density at radius 1 is 1.38 bits per heavy atom. The van der Waals surface area contributed by atoms with E-state index in [0.717, 1.165) is 18.4 Å². The average molecular weight is 348 g/mol. The molecule has 0 saturated carbocycles. The summed E-state index contributed by atoms with van der Waals surface area (Å²) in [5, 5.41) is 4.69. The molecule has 128 valence electrons. The van der Waals surface area contributed by atoms with Crippen molar-refractivity contribution in [1.29, 1.82) is 0 Å². The molecule has 0 N–H and O–H groups in total. The molecule has 3 heterocycles. The van der Waals surface area contributed by atoms with Crippen molar-refractivity contribution >= 4 is 17.5 Å². The van der Waals surface area contributed by atoms with Crippen LogP contribution in [0, 0.1) is 6.92 Å². The highest BCUT2D eigenvalue weighted by molar-refractivity contribution is 6.33. The van der Waals surface area contributed by atoms with E-state index in [0.29, 0.717) is 29.6 Å². The second kappa shape index (κ2) is 6.89. The number of hydrogen-bond acceptors (Lipinski definition) is 4. The topological polar surface area (TPSA) is 63.9 Å². The number of nitrogens with zero attached hydrogens (tertiary/aromatic N) is 5. The number of amides is 1. The fraction of sp³-hybridized carbons (Fsp3) is 0.529. The fourth-order valence-corrected chi connectivity index (χ4v) is 3.12. The quantitative estimate of drug-likeness (QED) is 0.855. The molecule has 0 unspecified atom stereocenters. The first-order valence-corrected chi connectivity index (χ1v) is 8.66. The van der Waals surface area contributed by atoms with Crippen LogP contribution in [0.15, 0.2) is 18.6 Å². The van der Waals surface area contributed by atoms with E-state index >= 15 is 0 Å². The molecule has 1 aliphatic rings. The summed E-state index contributed by atoms with van der Waals surface area (Å²) in [6.07, 6.45) is 7.34. The number of aromatic nitrogens is 4. The van der Waals surface area contributed by atoms with E-state index in [2.05, 4.69) is 15.1 Å². The molecular weight excluding hydrogens is 326 g/mol. The van der Waals surface area contributed by atoms with Gasteiger partial charge in [-0.3, -0.25) is 9.48 Å². The zero-order valence-electron chi connectivity index (χ0n) is 14.2. The molecule has 0 radical (unpaired) electrons. The van der Waals surface area contributed by atoms with Crippen LogP contribution in [0.4, 0.5) is 0 Å². The van der Waals surface area contributed by atoms with Gasteiger partial charge in [-0.1, -0.05) is 25.4 Å². The highest BCUT2D eigenvalue weighted by Gasteiger charge is 2.28. The number of carbonyl (C=O) groups is 1. The lowest BCUT2D eigenvalue weighted by Crippen LogP contribution is -2.41. The van der Waals surface area contributed by atoms with Gasteiger partial charge >= 0.3 is 0 Å². The number of likely N-dealkylation sites (tertiary alicyclic amines) is 1. The summed E-state index contributed by atoms with van der Waals surface area (Å²) in [7, 11) is 0. The van der Waals surface area contributed by atoms with Crippen molar-refractivity contribution in [2.24, 2.45) is 0 Å². The second-order valence-electron chi connectivity index (χ2n) is 6.62. The third kappa shape index (κ3) is 3.43. The van der Waals surface area contributed by atoms with Gasteiger partial charge in [-0.25, -0.2) is 9.97 Å². The normalized spacial score (nSPS) is 18.2. The van der Waals surface area contributed by atoms with Crippen molar-refractivity contribution in [1.82, 2.24) is 24.6 Å². The van der Waals surface area contributed by atoms with Gasteiger partial charge in [-0.2, -0.15) is 5.10 Å². The molecule has 1 amide bonds. The van der Waals surface area contributed by atoms with Crippen LogP contribution in [-0.4, -0.2) is 43.6 Å². The van der Waals surface area contributed by atoms with Crippen molar-refractivity contribution < 1.29 is 4.79 Å². The molecular formula is C17H22ClN5O. The lowest BCUT2D eigenvalue weighted by atomic mass is 10.1. The minimum Gasteiger partial charge on any atom is -0.335 e. The van der Waals surface area contributed by atoms with Gasteiger partial charge in [0.15, 0.2) is 5.69 Å². The molecule has 3 rings (SSSR count). The SMILES string of the molecule is Cc1cnn([C@H]2CCCN(C(=O)c3nc(C(C)C)ncc3Cl)C2)c1. The summed E-state index contributed by atoms with van der Waals surface area (Å²) >= 11 is 6.18. The summed E-state index contributed by atoms with van der Waals surface area (Å²) < 4.78 is 1.95. The van der Waals surface area contributed by atoms with E-state index in [4.69, 9.17) is 11.6 Å². The van der Waals surface area contributed by atoms with Gasteiger partial charge < -0.3 is 4.90 Å². The van der Waals surface area contributed by atoms with Crippen LogP contribution in [0.1, 0.15) is 60.5 Å². The molecule has 1 saturated heterocycles. The summed E-state index contributed by atoms with van der Waals surface area (Å²) in [5.41, 5.74) is 1.42. The van der Waals surface area contributed by atoms with E-state index < -0.39 is 0 Å².